The maximum atomic E-state index is 12.8. The van der Waals surface area contributed by atoms with Crippen LogP contribution >= 0.6 is 0 Å². The number of β-amino-alcohol motifs (C(OH)–C–C–N with tert-alkyl or cyclic N) is 1. The van der Waals surface area contributed by atoms with Crippen molar-refractivity contribution in [1.82, 2.24) is 19.6 Å². The highest BCUT2D eigenvalue weighted by Crippen LogP contribution is 2.23. The molecule has 0 saturated carbocycles. The first kappa shape index (κ1) is 20.2. The van der Waals surface area contributed by atoms with Crippen LogP contribution in [0.5, 0.6) is 5.75 Å². The SMILES string of the molecule is COc1ccccc1Cn1nccc1NC(=O)N1CCC[C@@](O)(CN(C)C)C1. The molecule has 0 aliphatic carbocycles. The van der Waals surface area contributed by atoms with Crippen LogP contribution in [-0.4, -0.2) is 77.2 Å². The summed E-state index contributed by atoms with van der Waals surface area (Å²) < 4.78 is 7.12. The minimum absolute atomic E-state index is 0.223. The molecule has 8 heteroatoms. The fourth-order valence-corrected chi connectivity index (χ4v) is 3.75. The molecule has 152 valence electrons. The van der Waals surface area contributed by atoms with Crippen molar-refractivity contribution in [3.8, 4) is 5.75 Å². The Labute approximate surface area is 165 Å². The second-order valence-corrected chi connectivity index (χ2v) is 7.60. The van der Waals surface area contributed by atoms with Crippen molar-refractivity contribution in [2.45, 2.75) is 25.0 Å². The van der Waals surface area contributed by atoms with Crippen LogP contribution in [0.15, 0.2) is 36.5 Å². The topological polar surface area (TPSA) is 82.9 Å². The van der Waals surface area contributed by atoms with Gasteiger partial charge in [-0.05, 0) is 33.0 Å². The molecule has 0 spiro atoms. The first-order valence-electron chi connectivity index (χ1n) is 9.47. The predicted molar refractivity (Wildman–Crippen MR) is 108 cm³/mol. The highest BCUT2D eigenvalue weighted by Gasteiger charge is 2.35. The number of carbonyl (C=O) groups excluding carboxylic acids is 1. The number of ether oxygens (including phenoxy) is 1. The van der Waals surface area contributed by atoms with Crippen molar-refractivity contribution < 1.29 is 14.6 Å². The molecule has 2 amide bonds. The standard InChI is InChI=1S/C20H29N5O3/c1-23(2)14-20(27)10-6-12-24(15-20)19(26)22-18-9-11-21-25(18)13-16-7-4-5-8-17(16)28-3/h4-5,7-9,11,27H,6,10,12-15H2,1-3H3,(H,22,26)/t20-/m1/s1. The molecular weight excluding hydrogens is 358 g/mol. The van der Waals surface area contributed by atoms with Gasteiger partial charge in [-0.3, -0.25) is 5.32 Å². The zero-order valence-corrected chi connectivity index (χ0v) is 16.8. The Morgan fingerprint density at radius 2 is 2.14 bits per heavy atom. The van der Waals surface area contributed by atoms with Gasteiger partial charge in [0.1, 0.15) is 11.6 Å². The molecule has 1 atom stereocenters. The number of nitrogens with zero attached hydrogens (tertiary/aromatic N) is 4. The summed E-state index contributed by atoms with van der Waals surface area (Å²) >= 11 is 0. The van der Waals surface area contributed by atoms with E-state index in [9.17, 15) is 9.90 Å². The zero-order chi connectivity index (χ0) is 20.1. The number of urea groups is 1. The number of nitrogens with one attached hydrogen (secondary N) is 1. The van der Waals surface area contributed by atoms with Gasteiger partial charge in [0, 0.05) is 24.7 Å². The van der Waals surface area contributed by atoms with Gasteiger partial charge in [-0.25, -0.2) is 9.48 Å². The minimum Gasteiger partial charge on any atom is -0.496 e. The van der Waals surface area contributed by atoms with Crippen LogP contribution in [0.1, 0.15) is 18.4 Å². The van der Waals surface area contributed by atoms with E-state index < -0.39 is 5.60 Å². The van der Waals surface area contributed by atoms with Gasteiger partial charge in [0.15, 0.2) is 0 Å². The fraction of sp³-hybridized carbons (Fsp3) is 0.500. The van der Waals surface area contributed by atoms with Crippen LogP contribution in [0.3, 0.4) is 0 Å². The number of methoxy groups -OCH3 is 1. The van der Waals surface area contributed by atoms with Crippen LogP contribution in [-0.2, 0) is 6.54 Å². The number of hydrogen-bond acceptors (Lipinski definition) is 5. The van der Waals surface area contributed by atoms with Crippen molar-refractivity contribution in [3.63, 3.8) is 0 Å². The molecule has 8 nitrogen and oxygen atoms in total. The molecule has 0 radical (unpaired) electrons. The lowest BCUT2D eigenvalue weighted by Crippen LogP contribution is -2.55. The molecule has 1 saturated heterocycles. The van der Waals surface area contributed by atoms with Crippen LogP contribution in [0.4, 0.5) is 10.6 Å². The van der Waals surface area contributed by atoms with Crippen molar-refractivity contribution in [2.75, 3.05) is 46.2 Å². The van der Waals surface area contributed by atoms with Gasteiger partial charge in [0.25, 0.3) is 0 Å². The Kier molecular flexibility index (Phi) is 6.21. The molecule has 0 unspecified atom stereocenters. The van der Waals surface area contributed by atoms with Gasteiger partial charge in [-0.1, -0.05) is 18.2 Å². The summed E-state index contributed by atoms with van der Waals surface area (Å²) in [7, 11) is 5.48. The van der Waals surface area contributed by atoms with Crippen LogP contribution in [0.25, 0.3) is 0 Å². The van der Waals surface area contributed by atoms with E-state index in [-0.39, 0.29) is 6.03 Å². The molecule has 1 fully saturated rings. The van der Waals surface area contributed by atoms with Crippen molar-refractivity contribution in [3.05, 3.63) is 42.1 Å². The van der Waals surface area contributed by atoms with E-state index in [1.165, 1.54) is 0 Å². The number of benzene rings is 1. The molecule has 1 aromatic carbocycles. The number of rotatable bonds is 6. The highest BCUT2D eigenvalue weighted by molar-refractivity contribution is 5.88. The summed E-state index contributed by atoms with van der Waals surface area (Å²) in [6.07, 6.45) is 3.13. The van der Waals surface area contributed by atoms with E-state index >= 15 is 0 Å². The van der Waals surface area contributed by atoms with Crippen molar-refractivity contribution in [2.24, 2.45) is 0 Å². The first-order chi connectivity index (χ1) is 13.4. The molecule has 1 aliphatic rings. The third kappa shape index (κ3) is 4.82. The second-order valence-electron chi connectivity index (χ2n) is 7.60. The molecule has 0 bridgehead atoms. The lowest BCUT2D eigenvalue weighted by Gasteiger charge is -2.40. The monoisotopic (exact) mass is 387 g/mol. The summed E-state index contributed by atoms with van der Waals surface area (Å²) in [6.45, 7) is 1.96. The zero-order valence-electron chi connectivity index (χ0n) is 16.8. The molecule has 2 heterocycles. The number of aromatic nitrogens is 2. The number of likely N-dealkylation sites (tertiary alicyclic amines) is 1. The maximum absolute atomic E-state index is 12.8. The largest absolute Gasteiger partial charge is 0.496 e. The van der Waals surface area contributed by atoms with Gasteiger partial charge in [-0.2, -0.15) is 5.10 Å². The third-order valence-electron chi connectivity index (χ3n) is 4.92. The van der Waals surface area contributed by atoms with Crippen molar-refractivity contribution >= 4 is 11.8 Å². The van der Waals surface area contributed by atoms with Gasteiger partial charge in [0.2, 0.25) is 0 Å². The van der Waals surface area contributed by atoms with E-state index in [0.717, 1.165) is 17.7 Å². The second kappa shape index (κ2) is 8.62. The minimum atomic E-state index is -0.878. The lowest BCUT2D eigenvalue weighted by molar-refractivity contribution is -0.0333. The average Bonchev–Trinajstić information content (AvgIpc) is 3.07. The number of anilines is 1. The Bertz CT molecular complexity index is 807. The van der Waals surface area contributed by atoms with E-state index in [2.05, 4.69) is 10.4 Å². The van der Waals surface area contributed by atoms with Gasteiger partial charge >= 0.3 is 6.03 Å². The van der Waals surface area contributed by atoms with E-state index in [4.69, 9.17) is 4.74 Å². The average molecular weight is 387 g/mol. The summed E-state index contributed by atoms with van der Waals surface area (Å²) in [5.41, 5.74) is 0.0963. The molecule has 28 heavy (non-hydrogen) atoms. The molecule has 1 aromatic heterocycles. The summed E-state index contributed by atoms with van der Waals surface area (Å²) in [5, 5.41) is 18.1. The van der Waals surface area contributed by atoms with Gasteiger partial charge < -0.3 is 19.6 Å². The number of aliphatic hydroxyl groups is 1. The van der Waals surface area contributed by atoms with Gasteiger partial charge in [0.05, 0.1) is 32.0 Å². The molecular formula is C20H29N5O3. The summed E-state index contributed by atoms with van der Waals surface area (Å²) in [6, 6.07) is 9.27. The number of likely N-dealkylation sites (N-methyl/N-ethyl adjacent to an activating group) is 1. The van der Waals surface area contributed by atoms with Crippen LogP contribution < -0.4 is 10.1 Å². The van der Waals surface area contributed by atoms with Crippen LogP contribution in [0, 0.1) is 0 Å². The Balaban J connectivity index is 1.68. The number of hydrogen-bond donors (Lipinski definition) is 2. The molecule has 3 rings (SSSR count). The number of amides is 2. The Morgan fingerprint density at radius 1 is 1.36 bits per heavy atom. The van der Waals surface area contributed by atoms with Crippen LogP contribution in [0.2, 0.25) is 0 Å². The Morgan fingerprint density at radius 3 is 2.89 bits per heavy atom. The number of carbonyl (C=O) groups is 1. The van der Waals surface area contributed by atoms with E-state index in [1.807, 2.05) is 43.3 Å². The van der Waals surface area contributed by atoms with E-state index in [0.29, 0.717) is 38.4 Å². The fourth-order valence-electron chi connectivity index (χ4n) is 3.75. The van der Waals surface area contributed by atoms with Crippen molar-refractivity contribution in [1.29, 1.82) is 0 Å². The lowest BCUT2D eigenvalue weighted by atomic mass is 9.92. The number of para-hydroxylation sites is 1. The first-order valence-corrected chi connectivity index (χ1v) is 9.47. The normalized spacial score (nSPS) is 19.7. The molecule has 2 aromatic rings. The quantitative estimate of drug-likeness (QED) is 0.791. The summed E-state index contributed by atoms with van der Waals surface area (Å²) in [4.78, 5) is 16.4. The summed E-state index contributed by atoms with van der Waals surface area (Å²) in [5.74, 6) is 1.39. The predicted octanol–water partition coefficient (Wildman–Crippen LogP) is 1.86. The molecule has 1 aliphatic heterocycles. The smallest absolute Gasteiger partial charge is 0.323 e. The maximum Gasteiger partial charge on any atom is 0.323 e. The van der Waals surface area contributed by atoms with Gasteiger partial charge in [-0.15, -0.1) is 0 Å². The number of piperidine rings is 1. The Hall–Kier alpha value is -2.58. The van der Waals surface area contributed by atoms with E-state index in [1.54, 1.807) is 29.0 Å². The third-order valence-corrected chi connectivity index (χ3v) is 4.92. The molecule has 2 N–H and O–H groups in total. The highest BCUT2D eigenvalue weighted by atomic mass is 16.5.